The Hall–Kier alpha value is -11.6. The fourth-order valence-corrected chi connectivity index (χ4v) is 13.8. The lowest BCUT2D eigenvalue weighted by Crippen LogP contribution is -2.25. The molecule has 4 aromatic heterocycles. The molecule has 2 aliphatic rings. The summed E-state index contributed by atoms with van der Waals surface area (Å²) < 4.78 is 0. The van der Waals surface area contributed by atoms with Gasteiger partial charge in [-0.2, -0.15) is 0 Å². The first kappa shape index (κ1) is 49.8. The molecule has 12 aromatic carbocycles. The summed E-state index contributed by atoms with van der Waals surface area (Å²) >= 11 is 0. The number of rotatable bonds is 9. The summed E-state index contributed by atoms with van der Waals surface area (Å²) in [5.74, 6) is 1.51. The molecule has 0 amide bonds. The number of allylic oxidation sites excluding steroid dienone is 2. The minimum Gasteiger partial charge on any atom is -0.256 e. The van der Waals surface area contributed by atoms with Crippen LogP contribution in [0.15, 0.2) is 273 Å². The molecule has 18 rings (SSSR count). The zero-order valence-corrected chi connectivity index (χ0v) is 47.6. The van der Waals surface area contributed by atoms with Crippen LogP contribution in [0, 0.1) is 0 Å². The van der Waals surface area contributed by atoms with Crippen LogP contribution in [-0.4, -0.2) is 29.9 Å². The topological polar surface area (TPSA) is 77.3 Å². The Morgan fingerprint density at radius 2 is 0.750 bits per heavy atom. The Bertz CT molecular complexity index is 5680. The molecule has 2 aliphatic carbocycles. The lowest BCUT2D eigenvalue weighted by Gasteiger charge is -2.27. The van der Waals surface area contributed by atoms with Crippen LogP contribution >= 0.6 is 0 Å². The second-order valence-corrected chi connectivity index (χ2v) is 23.3. The Morgan fingerprint density at radius 3 is 1.36 bits per heavy atom. The summed E-state index contributed by atoms with van der Waals surface area (Å²) in [5, 5.41) is 14.8. The van der Waals surface area contributed by atoms with Gasteiger partial charge >= 0.3 is 0 Å². The van der Waals surface area contributed by atoms with Crippen molar-refractivity contribution in [2.75, 3.05) is 0 Å². The number of hydrogen-bond donors (Lipinski definition) is 0. The maximum Gasteiger partial charge on any atom is 0.160 e. The predicted molar refractivity (Wildman–Crippen MR) is 363 cm³/mol. The molecule has 408 valence electrons. The summed E-state index contributed by atoms with van der Waals surface area (Å²) in [6.07, 6.45) is 11.6. The molecule has 0 aliphatic heterocycles. The van der Waals surface area contributed by atoms with Crippen molar-refractivity contribution in [1.29, 1.82) is 0 Å². The van der Waals surface area contributed by atoms with Gasteiger partial charge in [0.1, 0.15) is 0 Å². The molecule has 0 radical (unpaired) electrons. The molecular weight excluding hydrogens is 1070 g/mol. The van der Waals surface area contributed by atoms with Gasteiger partial charge in [-0.05, 0) is 153 Å². The van der Waals surface area contributed by atoms with Crippen LogP contribution in [0.3, 0.4) is 0 Å². The highest BCUT2D eigenvalue weighted by Crippen LogP contribution is 2.43. The summed E-state index contributed by atoms with van der Waals surface area (Å²) in [7, 11) is 0. The van der Waals surface area contributed by atoms with Crippen LogP contribution in [0.5, 0.6) is 0 Å². The van der Waals surface area contributed by atoms with Crippen molar-refractivity contribution >= 4 is 82.6 Å². The van der Waals surface area contributed by atoms with E-state index in [4.69, 9.17) is 19.9 Å². The zero-order valence-electron chi connectivity index (χ0n) is 47.6. The monoisotopic (exact) mass is 1120 g/mol. The quantitative estimate of drug-likeness (QED) is 0.134. The molecule has 0 N–H and O–H groups in total. The van der Waals surface area contributed by atoms with E-state index in [2.05, 4.69) is 271 Å². The van der Waals surface area contributed by atoms with E-state index < -0.39 is 0 Å². The summed E-state index contributed by atoms with van der Waals surface area (Å²) in [5.41, 5.74) is 19.8. The van der Waals surface area contributed by atoms with Crippen LogP contribution in [0.1, 0.15) is 23.6 Å². The van der Waals surface area contributed by atoms with E-state index in [-0.39, 0.29) is 5.92 Å². The molecule has 88 heavy (non-hydrogen) atoms. The maximum atomic E-state index is 5.46. The summed E-state index contributed by atoms with van der Waals surface area (Å²) in [6, 6.07) is 91.4. The van der Waals surface area contributed by atoms with Crippen LogP contribution in [0.4, 0.5) is 0 Å². The number of aromatic nitrogens is 6. The first-order valence-corrected chi connectivity index (χ1v) is 30.1. The fraction of sp³-hybridized carbons (Fsp3) is 0.0244. The van der Waals surface area contributed by atoms with E-state index in [0.29, 0.717) is 11.6 Å². The molecule has 1 unspecified atom stereocenters. The highest BCUT2D eigenvalue weighted by Gasteiger charge is 2.28. The third-order valence-corrected chi connectivity index (χ3v) is 18.3. The van der Waals surface area contributed by atoms with Gasteiger partial charge in [0.05, 0.1) is 33.8 Å². The Morgan fingerprint density at radius 1 is 0.295 bits per heavy atom. The van der Waals surface area contributed by atoms with E-state index in [1.165, 1.54) is 64.7 Å². The first-order chi connectivity index (χ1) is 43.5. The second kappa shape index (κ2) is 20.0. The van der Waals surface area contributed by atoms with Gasteiger partial charge in [-0.15, -0.1) is 0 Å². The number of fused-ring (bicyclic) bond motifs is 2. The largest absolute Gasteiger partial charge is 0.256 e. The van der Waals surface area contributed by atoms with Gasteiger partial charge < -0.3 is 0 Å². The van der Waals surface area contributed by atoms with Gasteiger partial charge in [-0.3, -0.25) is 9.97 Å². The van der Waals surface area contributed by atoms with Gasteiger partial charge in [0.25, 0.3) is 0 Å². The molecular formula is C82H50N6. The van der Waals surface area contributed by atoms with Crippen LogP contribution in [-0.2, 0) is 0 Å². The minimum atomic E-state index is 0.169. The lowest BCUT2D eigenvalue weighted by molar-refractivity contribution is 0.889. The van der Waals surface area contributed by atoms with Crippen molar-refractivity contribution in [3.8, 4) is 89.9 Å². The van der Waals surface area contributed by atoms with E-state index in [9.17, 15) is 0 Å². The average Bonchev–Trinajstić information content (AvgIpc) is 1.18. The fourth-order valence-electron chi connectivity index (χ4n) is 13.8. The van der Waals surface area contributed by atoms with E-state index in [1.807, 2.05) is 24.5 Å². The molecule has 0 spiro atoms. The molecule has 1 atom stereocenters. The van der Waals surface area contributed by atoms with Gasteiger partial charge in [-0.25, -0.2) is 19.9 Å². The standard InChI is InChI=1S/C82H50N6/c1-5-55-23-25-59-31-37-67(69-39-33-57(7-1)77(55)79(59)69)75-47-73(53-19-11-51(12-20-53)63-35-41-71-65(45-63)9-3-43-83-71)85-81(87-75)61-27-15-49(16-28-61)50-17-29-62(30-18-50)82-86-74(54-21-13-52(14-22-54)64-36-42-72-66(46-64)10-4-44-84-72)48-76(88-82)68-38-32-60-26-24-56-6-2-8-58-34-40-70(68)80(60)78(56)58/h1-39,41-48,70H,40H2. The van der Waals surface area contributed by atoms with E-state index >= 15 is 0 Å². The smallest absolute Gasteiger partial charge is 0.160 e. The normalized spacial score (nSPS) is 13.5. The molecule has 0 bridgehead atoms. The van der Waals surface area contributed by atoms with Crippen molar-refractivity contribution in [2.45, 2.75) is 12.3 Å². The summed E-state index contributed by atoms with van der Waals surface area (Å²) in [6.45, 7) is 0. The number of hydrogen-bond acceptors (Lipinski definition) is 6. The van der Waals surface area contributed by atoms with Crippen LogP contribution < -0.4 is 10.4 Å². The maximum absolute atomic E-state index is 5.46. The van der Waals surface area contributed by atoms with Crippen molar-refractivity contribution in [3.63, 3.8) is 0 Å². The summed E-state index contributed by atoms with van der Waals surface area (Å²) in [4.78, 5) is 30.7. The van der Waals surface area contributed by atoms with Gasteiger partial charge in [-0.1, -0.05) is 224 Å². The molecule has 0 saturated carbocycles. The molecule has 4 heterocycles. The van der Waals surface area contributed by atoms with E-state index in [1.54, 1.807) is 0 Å². The van der Waals surface area contributed by atoms with Crippen LogP contribution in [0.2, 0.25) is 0 Å². The SMILES string of the molecule is C1=C(c2cc(-c3ccc(-c4ccc5ncccc5c4)cc3)nc(-c3ccc(-c4ccc(-c5nc(-c6ccc(-c7ccc8ncccc8c7)cc6)cc(-c6ccc7ccc8cccc9ccc6c7c89)n5)cc4)cc3)n2)C2CC=c3cccc4ccc(c2c34)=C1. The third-order valence-electron chi connectivity index (χ3n) is 18.3. The predicted octanol–water partition coefficient (Wildman–Crippen LogP) is 18.9. The number of benzene rings is 12. The zero-order chi connectivity index (χ0) is 57.8. The Kier molecular flexibility index (Phi) is 11.3. The van der Waals surface area contributed by atoms with Gasteiger partial charge in [0.15, 0.2) is 11.6 Å². The molecule has 6 nitrogen and oxygen atoms in total. The van der Waals surface area contributed by atoms with Crippen LogP contribution in [0.25, 0.3) is 173 Å². The lowest BCUT2D eigenvalue weighted by atomic mass is 9.77. The van der Waals surface area contributed by atoms with Gasteiger partial charge in [0.2, 0.25) is 0 Å². The number of nitrogens with zero attached hydrogens (tertiary/aromatic N) is 6. The van der Waals surface area contributed by atoms with Crippen molar-refractivity contribution in [2.24, 2.45) is 0 Å². The third kappa shape index (κ3) is 8.40. The second-order valence-electron chi connectivity index (χ2n) is 23.3. The molecule has 16 aromatic rings. The molecule has 6 heteroatoms. The highest BCUT2D eigenvalue weighted by molar-refractivity contribution is 6.25. The molecule has 0 saturated heterocycles. The Labute approximate surface area is 506 Å². The Balaban J connectivity index is 0.701. The minimum absolute atomic E-state index is 0.169. The van der Waals surface area contributed by atoms with Gasteiger partial charge in [0, 0.05) is 56.9 Å². The average molecular weight is 1120 g/mol. The molecule has 0 fully saturated rings. The van der Waals surface area contributed by atoms with Crippen molar-refractivity contribution in [3.05, 3.63) is 295 Å². The number of pyridine rings is 2. The highest BCUT2D eigenvalue weighted by atomic mass is 14.9. The van der Waals surface area contributed by atoms with E-state index in [0.717, 1.165) is 112 Å². The van der Waals surface area contributed by atoms with Crippen molar-refractivity contribution in [1.82, 2.24) is 29.9 Å². The van der Waals surface area contributed by atoms with Crippen molar-refractivity contribution < 1.29 is 0 Å². The first-order valence-electron chi connectivity index (χ1n) is 30.1.